The number of carbonyl (C=O) groups excluding carboxylic acids is 2. The zero-order valence-electron chi connectivity index (χ0n) is 18.5. The highest BCUT2D eigenvalue weighted by Gasteiger charge is 2.30. The van der Waals surface area contributed by atoms with Gasteiger partial charge in [-0.3, -0.25) is 9.59 Å². The lowest BCUT2D eigenvalue weighted by atomic mass is 9.84. The maximum absolute atomic E-state index is 12.5. The standard InChI is InChI=1S/C28H30N2O2/c31-27-17-23(21-7-3-1-4-8-21)15-25(19-27)29-11-13-30(14-12-29)26-16-24(18-28(32)20-26)22-9-5-2-6-10-22/h1-10,19-20,23-24H,11-18H2. The predicted molar refractivity (Wildman–Crippen MR) is 126 cm³/mol. The molecular weight excluding hydrogens is 396 g/mol. The third-order valence-corrected chi connectivity index (χ3v) is 7.10. The first-order valence-electron chi connectivity index (χ1n) is 11.7. The fraction of sp³-hybridized carbons (Fsp3) is 0.357. The molecule has 0 spiro atoms. The van der Waals surface area contributed by atoms with Crippen molar-refractivity contribution in [2.45, 2.75) is 37.5 Å². The lowest BCUT2D eigenvalue weighted by Crippen LogP contribution is -2.46. The SMILES string of the molecule is O=C1C=C(N2CCN(C3=CC(=O)CC(c4ccccc4)C3)CC2)CC(c2ccccc2)C1. The van der Waals surface area contributed by atoms with Crippen molar-refractivity contribution in [2.75, 3.05) is 26.2 Å². The molecule has 1 fully saturated rings. The summed E-state index contributed by atoms with van der Waals surface area (Å²) in [4.78, 5) is 29.7. The highest BCUT2D eigenvalue weighted by Crippen LogP contribution is 2.35. The number of allylic oxidation sites excluding steroid dienone is 4. The molecule has 32 heavy (non-hydrogen) atoms. The molecule has 0 bridgehead atoms. The monoisotopic (exact) mass is 426 g/mol. The van der Waals surface area contributed by atoms with Gasteiger partial charge in [0.1, 0.15) is 0 Å². The van der Waals surface area contributed by atoms with Crippen molar-refractivity contribution in [1.29, 1.82) is 0 Å². The first-order chi connectivity index (χ1) is 15.7. The molecule has 0 radical (unpaired) electrons. The molecule has 1 saturated heterocycles. The minimum absolute atomic E-state index is 0.230. The molecule has 1 heterocycles. The second-order valence-corrected chi connectivity index (χ2v) is 9.21. The molecule has 5 rings (SSSR count). The van der Waals surface area contributed by atoms with Crippen LogP contribution < -0.4 is 0 Å². The molecule has 3 aliphatic rings. The molecule has 0 aromatic heterocycles. The van der Waals surface area contributed by atoms with Gasteiger partial charge in [-0.2, -0.15) is 0 Å². The number of hydrogen-bond acceptors (Lipinski definition) is 4. The number of piperazine rings is 1. The first kappa shape index (κ1) is 20.7. The van der Waals surface area contributed by atoms with Crippen molar-refractivity contribution in [3.8, 4) is 0 Å². The second kappa shape index (κ2) is 9.15. The third-order valence-electron chi connectivity index (χ3n) is 7.10. The van der Waals surface area contributed by atoms with Crippen LogP contribution in [0.25, 0.3) is 0 Å². The summed E-state index contributed by atoms with van der Waals surface area (Å²) in [5, 5.41) is 0. The van der Waals surface area contributed by atoms with Gasteiger partial charge in [-0.05, 0) is 35.8 Å². The minimum atomic E-state index is 0.230. The van der Waals surface area contributed by atoms with Gasteiger partial charge in [0, 0.05) is 62.6 Å². The normalized spacial score (nSPS) is 24.2. The number of hydrogen-bond donors (Lipinski definition) is 0. The first-order valence-corrected chi connectivity index (χ1v) is 11.7. The topological polar surface area (TPSA) is 40.6 Å². The molecule has 2 unspecified atom stereocenters. The zero-order chi connectivity index (χ0) is 21.9. The number of rotatable bonds is 4. The van der Waals surface area contributed by atoms with Gasteiger partial charge in [0.2, 0.25) is 0 Å². The van der Waals surface area contributed by atoms with Crippen molar-refractivity contribution in [2.24, 2.45) is 0 Å². The van der Waals surface area contributed by atoms with Crippen LogP contribution >= 0.6 is 0 Å². The van der Waals surface area contributed by atoms with E-state index in [1.165, 1.54) is 22.5 Å². The van der Waals surface area contributed by atoms with E-state index in [9.17, 15) is 9.59 Å². The van der Waals surface area contributed by atoms with Gasteiger partial charge in [-0.25, -0.2) is 0 Å². The highest BCUT2D eigenvalue weighted by molar-refractivity contribution is 5.92. The summed E-state index contributed by atoms with van der Waals surface area (Å²) < 4.78 is 0. The van der Waals surface area contributed by atoms with Crippen molar-refractivity contribution in [1.82, 2.24) is 9.80 Å². The van der Waals surface area contributed by atoms with Gasteiger partial charge in [0.05, 0.1) is 0 Å². The Morgan fingerprint density at radius 2 is 0.906 bits per heavy atom. The Morgan fingerprint density at radius 1 is 0.531 bits per heavy atom. The summed E-state index contributed by atoms with van der Waals surface area (Å²) in [6, 6.07) is 20.8. The fourth-order valence-electron chi connectivity index (χ4n) is 5.39. The maximum atomic E-state index is 12.5. The smallest absolute Gasteiger partial charge is 0.158 e. The Balaban J connectivity index is 1.23. The Labute approximate surface area is 190 Å². The van der Waals surface area contributed by atoms with E-state index in [0.29, 0.717) is 12.8 Å². The Hall–Kier alpha value is -3.14. The van der Waals surface area contributed by atoms with Gasteiger partial charge in [-0.15, -0.1) is 0 Å². The number of nitrogens with zero attached hydrogens (tertiary/aromatic N) is 2. The van der Waals surface area contributed by atoms with Gasteiger partial charge >= 0.3 is 0 Å². The van der Waals surface area contributed by atoms with Crippen LogP contribution in [0.4, 0.5) is 0 Å². The molecule has 2 aromatic rings. The second-order valence-electron chi connectivity index (χ2n) is 9.21. The molecule has 1 aliphatic heterocycles. The molecule has 2 aliphatic carbocycles. The van der Waals surface area contributed by atoms with Crippen LogP contribution in [0, 0.1) is 0 Å². The number of carbonyl (C=O) groups is 2. The van der Waals surface area contributed by atoms with Crippen LogP contribution in [0.2, 0.25) is 0 Å². The van der Waals surface area contributed by atoms with E-state index in [4.69, 9.17) is 0 Å². The Kier molecular flexibility index (Phi) is 5.93. The van der Waals surface area contributed by atoms with Crippen LogP contribution in [0.3, 0.4) is 0 Å². The van der Waals surface area contributed by atoms with Gasteiger partial charge in [-0.1, -0.05) is 60.7 Å². The average Bonchev–Trinajstić information content (AvgIpc) is 2.84. The van der Waals surface area contributed by atoms with Crippen molar-refractivity contribution in [3.63, 3.8) is 0 Å². The fourth-order valence-corrected chi connectivity index (χ4v) is 5.39. The summed E-state index contributed by atoms with van der Waals surface area (Å²) in [5.41, 5.74) is 4.85. The number of ketones is 2. The third kappa shape index (κ3) is 4.55. The average molecular weight is 427 g/mol. The molecule has 4 nitrogen and oxygen atoms in total. The van der Waals surface area contributed by atoms with Gasteiger partial charge < -0.3 is 9.80 Å². The van der Waals surface area contributed by atoms with E-state index in [0.717, 1.165) is 39.0 Å². The van der Waals surface area contributed by atoms with Crippen LogP contribution in [-0.4, -0.2) is 47.5 Å². The largest absolute Gasteiger partial charge is 0.371 e. The van der Waals surface area contributed by atoms with E-state index in [2.05, 4.69) is 58.3 Å². The van der Waals surface area contributed by atoms with E-state index in [-0.39, 0.29) is 23.4 Å². The number of benzene rings is 2. The van der Waals surface area contributed by atoms with Crippen LogP contribution in [0.15, 0.2) is 84.2 Å². The molecule has 0 amide bonds. The Bertz CT molecular complexity index is 948. The predicted octanol–water partition coefficient (Wildman–Crippen LogP) is 4.67. The lowest BCUT2D eigenvalue weighted by Gasteiger charge is -2.42. The van der Waals surface area contributed by atoms with Crippen LogP contribution in [0.1, 0.15) is 48.6 Å². The minimum Gasteiger partial charge on any atom is -0.371 e. The quantitative estimate of drug-likeness (QED) is 0.713. The zero-order valence-corrected chi connectivity index (χ0v) is 18.5. The van der Waals surface area contributed by atoms with Gasteiger partial charge in [0.15, 0.2) is 11.6 Å². The summed E-state index contributed by atoms with van der Waals surface area (Å²) in [5.74, 6) is 1.00. The van der Waals surface area contributed by atoms with Crippen molar-refractivity contribution >= 4 is 11.6 Å². The summed E-state index contributed by atoms with van der Waals surface area (Å²) in [6.07, 6.45) is 6.78. The molecule has 164 valence electrons. The van der Waals surface area contributed by atoms with E-state index in [1.807, 2.05) is 24.3 Å². The molecule has 0 saturated carbocycles. The summed E-state index contributed by atoms with van der Waals surface area (Å²) in [7, 11) is 0. The molecule has 0 N–H and O–H groups in total. The van der Waals surface area contributed by atoms with Crippen molar-refractivity contribution < 1.29 is 9.59 Å². The Morgan fingerprint density at radius 3 is 1.28 bits per heavy atom. The highest BCUT2D eigenvalue weighted by atomic mass is 16.1. The lowest BCUT2D eigenvalue weighted by molar-refractivity contribution is -0.116. The van der Waals surface area contributed by atoms with Crippen LogP contribution in [-0.2, 0) is 9.59 Å². The molecule has 4 heteroatoms. The summed E-state index contributed by atoms with van der Waals surface area (Å²) in [6.45, 7) is 3.56. The molecule has 2 aromatic carbocycles. The summed E-state index contributed by atoms with van der Waals surface area (Å²) >= 11 is 0. The van der Waals surface area contributed by atoms with Gasteiger partial charge in [0.25, 0.3) is 0 Å². The molecule has 2 atom stereocenters. The van der Waals surface area contributed by atoms with Crippen LogP contribution in [0.5, 0.6) is 0 Å². The van der Waals surface area contributed by atoms with E-state index >= 15 is 0 Å². The molecular formula is C28H30N2O2. The van der Waals surface area contributed by atoms with E-state index in [1.54, 1.807) is 0 Å². The maximum Gasteiger partial charge on any atom is 0.158 e. The van der Waals surface area contributed by atoms with E-state index < -0.39 is 0 Å². The van der Waals surface area contributed by atoms with Crippen molar-refractivity contribution in [3.05, 3.63) is 95.3 Å².